The minimum Gasteiger partial charge on any atom is -0.383 e. The summed E-state index contributed by atoms with van der Waals surface area (Å²) in [5, 5.41) is 0.683. The molecule has 2 N–H and O–H groups in total. The predicted molar refractivity (Wildman–Crippen MR) is 73.9 cm³/mol. The van der Waals surface area contributed by atoms with E-state index in [2.05, 4.69) is 23.4 Å². The molecule has 0 aliphatic carbocycles. The Hall–Kier alpha value is -1.10. The molecule has 0 aliphatic rings. The second-order valence-corrected chi connectivity index (χ2v) is 5.07. The highest BCUT2D eigenvalue weighted by atomic mass is 35.5. The summed E-state index contributed by atoms with van der Waals surface area (Å²) in [6.45, 7) is 4.67. The van der Waals surface area contributed by atoms with Crippen molar-refractivity contribution in [2.45, 2.75) is 25.9 Å². The molecule has 0 amide bonds. The second kappa shape index (κ2) is 5.26. The van der Waals surface area contributed by atoms with Crippen LogP contribution in [0.1, 0.15) is 31.8 Å². The lowest BCUT2D eigenvalue weighted by Crippen LogP contribution is -2.21. The number of imidazole rings is 1. The van der Waals surface area contributed by atoms with Crippen LogP contribution in [0.25, 0.3) is 11.0 Å². The lowest BCUT2D eigenvalue weighted by molar-refractivity contribution is 0.176. The summed E-state index contributed by atoms with van der Waals surface area (Å²) in [6, 6.07) is 5.76. The van der Waals surface area contributed by atoms with Gasteiger partial charge < -0.3 is 15.0 Å². The van der Waals surface area contributed by atoms with Crippen LogP contribution in [0.2, 0.25) is 5.02 Å². The molecule has 1 atom stereocenters. The van der Waals surface area contributed by atoms with Gasteiger partial charge >= 0.3 is 0 Å². The van der Waals surface area contributed by atoms with Crippen LogP contribution in [-0.2, 0) is 4.74 Å². The van der Waals surface area contributed by atoms with Gasteiger partial charge in [0.2, 0.25) is 0 Å². The smallest absolute Gasteiger partial charge is 0.129 e. The molecular formula is C13H18ClN3O. The zero-order valence-corrected chi connectivity index (χ0v) is 11.6. The van der Waals surface area contributed by atoms with Crippen LogP contribution in [0, 0.1) is 0 Å². The van der Waals surface area contributed by atoms with Crippen LogP contribution in [0.4, 0.5) is 0 Å². The molecule has 5 heteroatoms. The lowest BCUT2D eigenvalue weighted by atomic mass is 10.2. The Morgan fingerprint density at radius 3 is 2.78 bits per heavy atom. The van der Waals surface area contributed by atoms with E-state index < -0.39 is 0 Å². The number of halogens is 1. The summed E-state index contributed by atoms with van der Waals surface area (Å²) in [5.74, 6) is 0.837. The molecule has 2 rings (SSSR count). The number of hydrogen-bond acceptors (Lipinski definition) is 3. The minimum absolute atomic E-state index is 0.233. The maximum absolute atomic E-state index is 6.10. The molecule has 1 unspecified atom stereocenters. The van der Waals surface area contributed by atoms with E-state index in [1.54, 1.807) is 7.11 Å². The SMILES string of the molecule is COCC(N)c1nc2cc(Cl)ccc2n1C(C)C. The van der Waals surface area contributed by atoms with E-state index in [1.165, 1.54) is 0 Å². The van der Waals surface area contributed by atoms with Gasteiger partial charge in [0.25, 0.3) is 0 Å². The Morgan fingerprint density at radius 2 is 2.17 bits per heavy atom. The van der Waals surface area contributed by atoms with Gasteiger partial charge in [0.05, 0.1) is 23.7 Å². The van der Waals surface area contributed by atoms with Crippen molar-refractivity contribution in [2.24, 2.45) is 5.73 Å². The highest BCUT2D eigenvalue weighted by molar-refractivity contribution is 6.31. The first-order valence-corrected chi connectivity index (χ1v) is 6.34. The first kappa shape index (κ1) is 13.3. The number of aromatic nitrogens is 2. The van der Waals surface area contributed by atoms with Crippen molar-refractivity contribution < 1.29 is 4.74 Å². The van der Waals surface area contributed by atoms with E-state index in [0.29, 0.717) is 11.6 Å². The van der Waals surface area contributed by atoms with Crippen molar-refractivity contribution >= 4 is 22.6 Å². The maximum atomic E-state index is 6.10. The van der Waals surface area contributed by atoms with Crippen LogP contribution in [0.5, 0.6) is 0 Å². The summed E-state index contributed by atoms with van der Waals surface area (Å²) in [5.41, 5.74) is 8.03. The normalized spacial score (nSPS) is 13.4. The monoisotopic (exact) mass is 267 g/mol. The van der Waals surface area contributed by atoms with Crippen molar-refractivity contribution in [3.05, 3.63) is 29.0 Å². The fourth-order valence-corrected chi connectivity index (χ4v) is 2.32. The maximum Gasteiger partial charge on any atom is 0.129 e. The van der Waals surface area contributed by atoms with Gasteiger partial charge in [-0.2, -0.15) is 0 Å². The van der Waals surface area contributed by atoms with Crippen molar-refractivity contribution in [2.75, 3.05) is 13.7 Å². The minimum atomic E-state index is -0.233. The van der Waals surface area contributed by atoms with E-state index in [0.717, 1.165) is 16.9 Å². The largest absolute Gasteiger partial charge is 0.383 e. The summed E-state index contributed by atoms with van der Waals surface area (Å²) >= 11 is 6.00. The number of nitrogens with zero attached hydrogens (tertiary/aromatic N) is 2. The van der Waals surface area contributed by atoms with Crippen LogP contribution >= 0.6 is 11.6 Å². The number of nitrogens with two attached hydrogens (primary N) is 1. The van der Waals surface area contributed by atoms with Gasteiger partial charge in [0.15, 0.2) is 0 Å². The van der Waals surface area contributed by atoms with Gasteiger partial charge in [-0.15, -0.1) is 0 Å². The first-order valence-electron chi connectivity index (χ1n) is 5.96. The third-order valence-electron chi connectivity index (χ3n) is 2.87. The molecular weight excluding hydrogens is 250 g/mol. The zero-order valence-electron chi connectivity index (χ0n) is 10.9. The lowest BCUT2D eigenvalue weighted by Gasteiger charge is -2.17. The van der Waals surface area contributed by atoms with Crippen molar-refractivity contribution in [1.29, 1.82) is 0 Å². The topological polar surface area (TPSA) is 53.1 Å². The molecule has 98 valence electrons. The summed E-state index contributed by atoms with van der Waals surface area (Å²) in [6.07, 6.45) is 0. The molecule has 1 heterocycles. The Morgan fingerprint density at radius 1 is 1.44 bits per heavy atom. The molecule has 2 aromatic rings. The van der Waals surface area contributed by atoms with Crippen molar-refractivity contribution in [3.8, 4) is 0 Å². The summed E-state index contributed by atoms with van der Waals surface area (Å²) < 4.78 is 7.24. The van der Waals surface area contributed by atoms with Gasteiger partial charge in [-0.1, -0.05) is 11.6 Å². The van der Waals surface area contributed by atoms with Crippen LogP contribution in [0.15, 0.2) is 18.2 Å². The molecule has 0 saturated heterocycles. The quantitative estimate of drug-likeness (QED) is 0.927. The molecule has 0 bridgehead atoms. The number of hydrogen-bond donors (Lipinski definition) is 1. The fraction of sp³-hybridized carbons (Fsp3) is 0.462. The van der Waals surface area contributed by atoms with Crippen LogP contribution in [0.3, 0.4) is 0 Å². The average molecular weight is 268 g/mol. The third kappa shape index (κ3) is 2.36. The number of rotatable bonds is 4. The fourth-order valence-electron chi connectivity index (χ4n) is 2.15. The standard InChI is InChI=1S/C13H18ClN3O/c1-8(2)17-12-5-4-9(14)6-11(12)16-13(17)10(15)7-18-3/h4-6,8,10H,7,15H2,1-3H3. The highest BCUT2D eigenvalue weighted by Crippen LogP contribution is 2.26. The van der Waals surface area contributed by atoms with Crippen LogP contribution in [-0.4, -0.2) is 23.3 Å². The molecule has 1 aromatic carbocycles. The van der Waals surface area contributed by atoms with Gasteiger partial charge in [0, 0.05) is 18.2 Å². The number of fused-ring (bicyclic) bond motifs is 1. The van der Waals surface area contributed by atoms with E-state index in [-0.39, 0.29) is 12.1 Å². The van der Waals surface area contributed by atoms with E-state index >= 15 is 0 Å². The Bertz CT molecular complexity index is 550. The average Bonchev–Trinajstić information content (AvgIpc) is 2.67. The molecule has 0 radical (unpaired) electrons. The zero-order chi connectivity index (χ0) is 13.3. The number of methoxy groups -OCH3 is 1. The van der Waals surface area contributed by atoms with Gasteiger partial charge in [-0.25, -0.2) is 4.98 Å². The molecule has 0 saturated carbocycles. The van der Waals surface area contributed by atoms with Crippen molar-refractivity contribution in [3.63, 3.8) is 0 Å². The molecule has 0 fully saturated rings. The number of ether oxygens (including phenoxy) is 1. The van der Waals surface area contributed by atoms with E-state index in [1.807, 2.05) is 18.2 Å². The molecule has 1 aromatic heterocycles. The van der Waals surface area contributed by atoms with Crippen molar-refractivity contribution in [1.82, 2.24) is 9.55 Å². The molecule has 18 heavy (non-hydrogen) atoms. The number of benzene rings is 1. The van der Waals surface area contributed by atoms with Gasteiger partial charge in [0.1, 0.15) is 5.82 Å². The Labute approximate surface area is 112 Å². The Balaban J connectivity index is 2.60. The summed E-state index contributed by atoms with van der Waals surface area (Å²) in [7, 11) is 1.64. The highest BCUT2D eigenvalue weighted by Gasteiger charge is 2.18. The van der Waals surface area contributed by atoms with Gasteiger partial charge in [-0.05, 0) is 32.0 Å². The Kier molecular flexibility index (Phi) is 3.90. The van der Waals surface area contributed by atoms with E-state index in [9.17, 15) is 0 Å². The molecule has 0 aliphatic heterocycles. The predicted octanol–water partition coefficient (Wildman–Crippen LogP) is 2.92. The first-order chi connectivity index (χ1) is 8.54. The van der Waals surface area contributed by atoms with Crippen LogP contribution < -0.4 is 5.73 Å². The van der Waals surface area contributed by atoms with E-state index in [4.69, 9.17) is 22.1 Å². The molecule has 0 spiro atoms. The molecule has 4 nitrogen and oxygen atoms in total. The third-order valence-corrected chi connectivity index (χ3v) is 3.11. The van der Waals surface area contributed by atoms with Gasteiger partial charge in [-0.3, -0.25) is 0 Å². The summed E-state index contributed by atoms with van der Waals surface area (Å²) in [4.78, 5) is 4.59. The second-order valence-electron chi connectivity index (χ2n) is 4.63.